The van der Waals surface area contributed by atoms with Crippen LogP contribution < -0.4 is 5.32 Å². The van der Waals surface area contributed by atoms with Crippen LogP contribution in [0.15, 0.2) is 30.3 Å². The van der Waals surface area contributed by atoms with Crippen LogP contribution in [0.5, 0.6) is 0 Å². The van der Waals surface area contributed by atoms with Crippen molar-refractivity contribution in [3.63, 3.8) is 0 Å². The van der Waals surface area contributed by atoms with E-state index in [1.807, 2.05) is 18.2 Å². The van der Waals surface area contributed by atoms with E-state index in [9.17, 15) is 4.79 Å². The molecule has 1 aliphatic heterocycles. The van der Waals surface area contributed by atoms with Crippen LogP contribution in [0.1, 0.15) is 5.56 Å². The number of ether oxygens (including phenoxy) is 1. The molecular formula is C12H16N2O2. The Hall–Kier alpha value is -1.39. The molecule has 0 aromatic heterocycles. The zero-order valence-electron chi connectivity index (χ0n) is 9.35. The van der Waals surface area contributed by atoms with Crippen LogP contribution in [0.2, 0.25) is 0 Å². The van der Waals surface area contributed by atoms with Crippen molar-refractivity contribution in [2.45, 2.75) is 12.6 Å². The molecule has 0 amide bonds. The van der Waals surface area contributed by atoms with Crippen LogP contribution in [0.3, 0.4) is 0 Å². The fourth-order valence-corrected chi connectivity index (χ4v) is 1.89. The van der Waals surface area contributed by atoms with Crippen LogP contribution in [-0.4, -0.2) is 37.2 Å². The first-order valence-corrected chi connectivity index (χ1v) is 5.37. The van der Waals surface area contributed by atoms with Gasteiger partial charge >= 0.3 is 5.97 Å². The summed E-state index contributed by atoms with van der Waals surface area (Å²) in [5, 5.41) is 3.13. The Bertz CT molecular complexity index is 353. The molecule has 0 bridgehead atoms. The van der Waals surface area contributed by atoms with Crippen LogP contribution in [-0.2, 0) is 16.1 Å². The van der Waals surface area contributed by atoms with Crippen molar-refractivity contribution < 1.29 is 9.53 Å². The first-order chi connectivity index (χ1) is 7.79. The molecule has 4 nitrogen and oxygen atoms in total. The second kappa shape index (κ2) is 5.09. The number of benzene rings is 1. The van der Waals surface area contributed by atoms with Gasteiger partial charge < -0.3 is 4.74 Å². The van der Waals surface area contributed by atoms with Gasteiger partial charge in [0.05, 0.1) is 7.11 Å². The maximum atomic E-state index is 11.3. The molecule has 16 heavy (non-hydrogen) atoms. The second-order valence-electron chi connectivity index (χ2n) is 3.94. The van der Waals surface area contributed by atoms with Crippen molar-refractivity contribution >= 4 is 5.97 Å². The zero-order valence-corrected chi connectivity index (χ0v) is 9.35. The number of methoxy groups -OCH3 is 1. The summed E-state index contributed by atoms with van der Waals surface area (Å²) in [6.45, 7) is 2.30. The Morgan fingerprint density at radius 1 is 1.50 bits per heavy atom. The summed E-state index contributed by atoms with van der Waals surface area (Å²) in [6.07, 6.45) is 0. The van der Waals surface area contributed by atoms with E-state index >= 15 is 0 Å². The molecule has 0 saturated carbocycles. The number of rotatable bonds is 3. The topological polar surface area (TPSA) is 41.6 Å². The molecule has 1 heterocycles. The van der Waals surface area contributed by atoms with Gasteiger partial charge in [-0.05, 0) is 5.56 Å². The molecule has 86 valence electrons. The van der Waals surface area contributed by atoms with Gasteiger partial charge in [0, 0.05) is 19.8 Å². The third-order valence-corrected chi connectivity index (χ3v) is 2.74. The zero-order chi connectivity index (χ0) is 11.4. The normalized spacial score (nSPS) is 20.9. The number of hydrogen-bond acceptors (Lipinski definition) is 4. The lowest BCUT2D eigenvalue weighted by atomic mass is 10.2. The van der Waals surface area contributed by atoms with E-state index in [1.54, 1.807) is 0 Å². The summed E-state index contributed by atoms with van der Waals surface area (Å²) < 4.78 is 4.70. The summed E-state index contributed by atoms with van der Waals surface area (Å²) in [5.74, 6) is -0.185. The summed E-state index contributed by atoms with van der Waals surface area (Å²) in [5.41, 5.74) is 1.26. The van der Waals surface area contributed by atoms with Crippen molar-refractivity contribution in [3.05, 3.63) is 35.9 Å². The minimum atomic E-state index is -0.186. The van der Waals surface area contributed by atoms with Gasteiger partial charge in [0.25, 0.3) is 0 Å². The van der Waals surface area contributed by atoms with E-state index < -0.39 is 0 Å². The molecule has 1 aromatic rings. The molecule has 2 rings (SSSR count). The smallest absolute Gasteiger partial charge is 0.324 e. The van der Waals surface area contributed by atoms with E-state index in [2.05, 4.69) is 22.3 Å². The van der Waals surface area contributed by atoms with E-state index in [0.717, 1.165) is 13.2 Å². The third kappa shape index (κ3) is 2.59. The Morgan fingerprint density at radius 3 is 2.94 bits per heavy atom. The molecule has 0 aliphatic carbocycles. The number of nitrogens with one attached hydrogen (secondary N) is 1. The molecule has 0 radical (unpaired) electrons. The summed E-state index contributed by atoms with van der Waals surface area (Å²) in [6, 6.07) is 10.0. The fourth-order valence-electron chi connectivity index (χ4n) is 1.89. The standard InChI is InChI=1S/C12H16N2O2/c1-16-12(15)11-8-14(9-13-11)7-10-5-3-2-4-6-10/h2-6,11,13H,7-9H2,1H3/t11-/m0/s1. The average Bonchev–Trinajstić information content (AvgIpc) is 2.78. The van der Waals surface area contributed by atoms with Gasteiger partial charge in [-0.2, -0.15) is 0 Å². The molecule has 0 spiro atoms. The van der Waals surface area contributed by atoms with Gasteiger partial charge in [0.2, 0.25) is 0 Å². The van der Waals surface area contributed by atoms with Crippen molar-refractivity contribution in [1.82, 2.24) is 10.2 Å². The number of carbonyl (C=O) groups excluding carboxylic acids is 1. The lowest BCUT2D eigenvalue weighted by Crippen LogP contribution is -2.34. The van der Waals surface area contributed by atoms with Crippen LogP contribution in [0.4, 0.5) is 0 Å². The molecule has 1 N–H and O–H groups in total. The minimum absolute atomic E-state index is 0.185. The van der Waals surface area contributed by atoms with Gasteiger partial charge in [0.15, 0.2) is 0 Å². The predicted molar refractivity (Wildman–Crippen MR) is 60.7 cm³/mol. The monoisotopic (exact) mass is 220 g/mol. The first kappa shape index (κ1) is 11.1. The van der Waals surface area contributed by atoms with E-state index in [0.29, 0.717) is 6.54 Å². The lowest BCUT2D eigenvalue weighted by Gasteiger charge is -2.13. The van der Waals surface area contributed by atoms with Gasteiger partial charge in [-0.25, -0.2) is 0 Å². The first-order valence-electron chi connectivity index (χ1n) is 5.37. The fraction of sp³-hybridized carbons (Fsp3) is 0.417. The molecule has 1 aromatic carbocycles. The summed E-state index contributed by atoms with van der Waals surface area (Å²) in [7, 11) is 1.42. The van der Waals surface area contributed by atoms with Crippen molar-refractivity contribution in [3.8, 4) is 0 Å². The molecule has 4 heteroatoms. The summed E-state index contributed by atoms with van der Waals surface area (Å²) in [4.78, 5) is 13.5. The van der Waals surface area contributed by atoms with Crippen LogP contribution >= 0.6 is 0 Å². The van der Waals surface area contributed by atoms with Crippen LogP contribution in [0.25, 0.3) is 0 Å². The minimum Gasteiger partial charge on any atom is -0.468 e. The largest absolute Gasteiger partial charge is 0.468 e. The molecule has 0 unspecified atom stereocenters. The van der Waals surface area contributed by atoms with Gasteiger partial charge in [-0.3, -0.25) is 15.0 Å². The number of esters is 1. The molecule has 1 aliphatic rings. The number of carbonyl (C=O) groups is 1. The maximum Gasteiger partial charge on any atom is 0.324 e. The Kier molecular flexibility index (Phi) is 3.54. The average molecular weight is 220 g/mol. The van der Waals surface area contributed by atoms with Crippen molar-refractivity contribution in [1.29, 1.82) is 0 Å². The summed E-state index contributed by atoms with van der Waals surface area (Å²) >= 11 is 0. The SMILES string of the molecule is COC(=O)[C@@H]1CN(Cc2ccccc2)CN1. The van der Waals surface area contributed by atoms with Crippen molar-refractivity contribution in [2.75, 3.05) is 20.3 Å². The number of hydrogen-bond donors (Lipinski definition) is 1. The van der Waals surface area contributed by atoms with E-state index in [4.69, 9.17) is 4.74 Å². The van der Waals surface area contributed by atoms with E-state index in [-0.39, 0.29) is 12.0 Å². The van der Waals surface area contributed by atoms with Crippen molar-refractivity contribution in [2.24, 2.45) is 0 Å². The highest BCUT2D eigenvalue weighted by Gasteiger charge is 2.27. The quantitative estimate of drug-likeness (QED) is 0.757. The predicted octanol–water partition coefficient (Wildman–Crippen LogP) is 0.591. The highest BCUT2D eigenvalue weighted by atomic mass is 16.5. The highest BCUT2D eigenvalue weighted by Crippen LogP contribution is 2.08. The Balaban J connectivity index is 1.88. The Morgan fingerprint density at radius 2 is 2.25 bits per heavy atom. The highest BCUT2D eigenvalue weighted by molar-refractivity contribution is 5.76. The molecule has 1 fully saturated rings. The third-order valence-electron chi connectivity index (χ3n) is 2.74. The maximum absolute atomic E-state index is 11.3. The van der Waals surface area contributed by atoms with Gasteiger partial charge in [-0.15, -0.1) is 0 Å². The molecule has 1 saturated heterocycles. The molecular weight excluding hydrogens is 204 g/mol. The number of nitrogens with zero attached hydrogens (tertiary/aromatic N) is 1. The molecule has 1 atom stereocenters. The van der Waals surface area contributed by atoms with Gasteiger partial charge in [-0.1, -0.05) is 30.3 Å². The second-order valence-corrected chi connectivity index (χ2v) is 3.94. The Labute approximate surface area is 95.2 Å². The van der Waals surface area contributed by atoms with Gasteiger partial charge in [0.1, 0.15) is 6.04 Å². The lowest BCUT2D eigenvalue weighted by molar-refractivity contribution is -0.142. The van der Waals surface area contributed by atoms with E-state index in [1.165, 1.54) is 12.7 Å². The van der Waals surface area contributed by atoms with Crippen LogP contribution in [0, 0.1) is 0 Å².